The number of H-pyrrole nitrogens is 1. The molecule has 8 heteroatoms. The number of anilines is 1. The Morgan fingerprint density at radius 3 is 2.86 bits per heavy atom. The van der Waals surface area contributed by atoms with Crippen LogP contribution in [-0.4, -0.2) is 16.0 Å². The van der Waals surface area contributed by atoms with Crippen LogP contribution < -0.4 is 10.9 Å². The fraction of sp³-hybridized carbons (Fsp3) is 0. The molecular formula is C14H8ClFN2O3S. The zero-order valence-corrected chi connectivity index (χ0v) is 12.4. The van der Waals surface area contributed by atoms with Crippen LogP contribution in [0.15, 0.2) is 34.4 Å². The quantitative estimate of drug-likeness (QED) is 0.670. The first-order valence-electron chi connectivity index (χ1n) is 6.06. The van der Waals surface area contributed by atoms with Crippen molar-refractivity contribution in [2.75, 3.05) is 5.32 Å². The minimum Gasteiger partial charge on any atom is -0.505 e. The molecule has 0 atom stereocenters. The van der Waals surface area contributed by atoms with Crippen LogP contribution in [0.2, 0.25) is 5.02 Å². The normalized spacial score (nSPS) is 10.8. The maximum absolute atomic E-state index is 13.0. The van der Waals surface area contributed by atoms with Crippen LogP contribution >= 0.6 is 22.9 Å². The summed E-state index contributed by atoms with van der Waals surface area (Å²) in [5, 5.41) is 14.2. The minimum absolute atomic E-state index is 0.0125. The lowest BCUT2D eigenvalue weighted by atomic mass is 10.2. The van der Waals surface area contributed by atoms with E-state index in [4.69, 9.17) is 11.6 Å². The number of pyridine rings is 1. The molecule has 0 fully saturated rings. The summed E-state index contributed by atoms with van der Waals surface area (Å²) >= 11 is 7.01. The second-order valence-electron chi connectivity index (χ2n) is 4.42. The van der Waals surface area contributed by atoms with E-state index in [1.807, 2.05) is 0 Å². The molecule has 3 N–H and O–H groups in total. The molecule has 3 aromatic rings. The lowest BCUT2D eigenvalue weighted by Gasteiger charge is -2.08. The number of hydrogen-bond donors (Lipinski definition) is 3. The highest BCUT2D eigenvalue weighted by Gasteiger charge is 2.20. The number of carbonyl (C=O) groups excluding carboxylic acids is 1. The fourth-order valence-corrected chi connectivity index (χ4v) is 3.00. The summed E-state index contributed by atoms with van der Waals surface area (Å²) in [5.74, 6) is -1.78. The number of amides is 1. The van der Waals surface area contributed by atoms with Gasteiger partial charge in [0.1, 0.15) is 11.4 Å². The SMILES string of the molecule is O=C(Nc1ccc(F)cc1Cl)c1c(O)c2sccc2[nH]c1=O. The van der Waals surface area contributed by atoms with Crippen molar-refractivity contribution in [2.24, 2.45) is 0 Å². The van der Waals surface area contributed by atoms with E-state index in [1.165, 1.54) is 17.4 Å². The van der Waals surface area contributed by atoms with Gasteiger partial charge < -0.3 is 15.4 Å². The molecule has 1 aromatic carbocycles. The first-order chi connectivity index (χ1) is 10.5. The Labute approximate surface area is 132 Å². The lowest BCUT2D eigenvalue weighted by molar-refractivity contribution is 0.102. The molecule has 2 heterocycles. The molecule has 0 spiro atoms. The van der Waals surface area contributed by atoms with Gasteiger partial charge in [-0.1, -0.05) is 11.6 Å². The monoisotopic (exact) mass is 338 g/mol. The van der Waals surface area contributed by atoms with E-state index >= 15 is 0 Å². The first-order valence-corrected chi connectivity index (χ1v) is 7.32. The van der Waals surface area contributed by atoms with E-state index in [9.17, 15) is 19.1 Å². The summed E-state index contributed by atoms with van der Waals surface area (Å²) in [6.45, 7) is 0. The Morgan fingerprint density at radius 1 is 1.36 bits per heavy atom. The number of thiophene rings is 1. The molecule has 0 aliphatic heterocycles. The maximum Gasteiger partial charge on any atom is 0.265 e. The van der Waals surface area contributed by atoms with Gasteiger partial charge in [-0.05, 0) is 29.6 Å². The second-order valence-corrected chi connectivity index (χ2v) is 5.74. The zero-order chi connectivity index (χ0) is 15.9. The molecule has 0 saturated carbocycles. The van der Waals surface area contributed by atoms with E-state index < -0.39 is 28.6 Å². The Kier molecular flexibility index (Phi) is 3.59. The topological polar surface area (TPSA) is 82.2 Å². The lowest BCUT2D eigenvalue weighted by Crippen LogP contribution is -2.23. The molecule has 0 aliphatic rings. The van der Waals surface area contributed by atoms with Crippen LogP contribution in [0.4, 0.5) is 10.1 Å². The van der Waals surface area contributed by atoms with Crippen LogP contribution in [0, 0.1) is 5.82 Å². The van der Waals surface area contributed by atoms with Gasteiger partial charge in [0.05, 0.1) is 20.9 Å². The van der Waals surface area contributed by atoms with Crippen molar-refractivity contribution >= 4 is 44.7 Å². The highest BCUT2D eigenvalue weighted by molar-refractivity contribution is 7.17. The average Bonchev–Trinajstić information content (AvgIpc) is 2.90. The average molecular weight is 339 g/mol. The van der Waals surface area contributed by atoms with Crippen molar-refractivity contribution < 1.29 is 14.3 Å². The van der Waals surface area contributed by atoms with Crippen molar-refractivity contribution in [1.29, 1.82) is 0 Å². The molecule has 1 amide bonds. The maximum atomic E-state index is 13.0. The van der Waals surface area contributed by atoms with Gasteiger partial charge in [-0.15, -0.1) is 11.3 Å². The van der Waals surface area contributed by atoms with Crippen LogP contribution in [0.1, 0.15) is 10.4 Å². The van der Waals surface area contributed by atoms with Crippen LogP contribution in [0.25, 0.3) is 10.2 Å². The van der Waals surface area contributed by atoms with Gasteiger partial charge in [0.15, 0.2) is 5.75 Å². The van der Waals surface area contributed by atoms with E-state index in [0.717, 1.165) is 12.1 Å². The molecule has 22 heavy (non-hydrogen) atoms. The number of carbonyl (C=O) groups is 1. The number of aromatic nitrogens is 1. The van der Waals surface area contributed by atoms with Crippen LogP contribution in [-0.2, 0) is 0 Å². The molecular weight excluding hydrogens is 331 g/mol. The third-order valence-corrected chi connectivity index (χ3v) is 4.23. The van der Waals surface area contributed by atoms with Gasteiger partial charge in [0.25, 0.3) is 11.5 Å². The Morgan fingerprint density at radius 2 is 2.14 bits per heavy atom. The summed E-state index contributed by atoms with van der Waals surface area (Å²) in [5.41, 5.74) is -0.559. The summed E-state index contributed by atoms with van der Waals surface area (Å²) < 4.78 is 13.4. The number of halogens is 2. The van der Waals surface area contributed by atoms with Crippen LogP contribution in [0.3, 0.4) is 0 Å². The van der Waals surface area contributed by atoms with E-state index in [1.54, 1.807) is 11.4 Å². The highest BCUT2D eigenvalue weighted by atomic mass is 35.5. The molecule has 112 valence electrons. The first kappa shape index (κ1) is 14.6. The number of fused-ring (bicyclic) bond motifs is 1. The van der Waals surface area contributed by atoms with Crippen LogP contribution in [0.5, 0.6) is 5.75 Å². The van der Waals surface area contributed by atoms with Gasteiger partial charge in [-0.3, -0.25) is 9.59 Å². The molecule has 0 unspecified atom stereocenters. The van der Waals surface area contributed by atoms with E-state index in [0.29, 0.717) is 10.2 Å². The third kappa shape index (κ3) is 2.44. The molecule has 0 saturated heterocycles. The summed E-state index contributed by atoms with van der Waals surface area (Å²) in [6.07, 6.45) is 0. The van der Waals surface area contributed by atoms with Gasteiger partial charge >= 0.3 is 0 Å². The number of rotatable bonds is 2. The molecule has 0 bridgehead atoms. The van der Waals surface area contributed by atoms with Crippen molar-refractivity contribution in [2.45, 2.75) is 0 Å². The summed E-state index contributed by atoms with van der Waals surface area (Å²) in [7, 11) is 0. The van der Waals surface area contributed by atoms with Gasteiger partial charge in [-0.25, -0.2) is 4.39 Å². The molecule has 3 rings (SSSR count). The second kappa shape index (κ2) is 5.43. The molecule has 0 aliphatic carbocycles. The zero-order valence-electron chi connectivity index (χ0n) is 10.8. The Bertz CT molecular complexity index is 951. The smallest absolute Gasteiger partial charge is 0.265 e. The summed E-state index contributed by atoms with van der Waals surface area (Å²) in [6, 6.07) is 5.04. The van der Waals surface area contributed by atoms with Crippen molar-refractivity contribution in [3.63, 3.8) is 0 Å². The number of hydrogen-bond acceptors (Lipinski definition) is 4. The third-order valence-electron chi connectivity index (χ3n) is 3.00. The van der Waals surface area contributed by atoms with Gasteiger partial charge in [0.2, 0.25) is 0 Å². The highest BCUT2D eigenvalue weighted by Crippen LogP contribution is 2.30. The largest absolute Gasteiger partial charge is 0.505 e. The molecule has 0 radical (unpaired) electrons. The number of aromatic amines is 1. The summed E-state index contributed by atoms with van der Waals surface area (Å²) in [4.78, 5) is 26.7. The fourth-order valence-electron chi connectivity index (χ4n) is 1.98. The van der Waals surface area contributed by atoms with Crippen molar-refractivity contribution in [1.82, 2.24) is 4.98 Å². The molecule has 5 nitrogen and oxygen atoms in total. The molecule has 2 aromatic heterocycles. The standard InChI is InChI=1S/C14H8ClFN2O3S/c15-7-5-6(16)1-2-8(7)17-13(20)10-11(19)12-9(3-4-22-12)18-14(10)21/h1-5H,(H,17,20)(H2,18,19,21). The van der Waals surface area contributed by atoms with Gasteiger partial charge in [-0.2, -0.15) is 0 Å². The van der Waals surface area contributed by atoms with Crippen molar-refractivity contribution in [3.8, 4) is 5.75 Å². The predicted molar refractivity (Wildman–Crippen MR) is 83.5 cm³/mol. The van der Waals surface area contributed by atoms with Crippen molar-refractivity contribution in [3.05, 3.63) is 56.4 Å². The number of aromatic hydroxyl groups is 1. The Hall–Kier alpha value is -2.38. The van der Waals surface area contributed by atoms with E-state index in [-0.39, 0.29) is 10.7 Å². The number of benzene rings is 1. The van der Waals surface area contributed by atoms with Gasteiger partial charge in [0, 0.05) is 0 Å². The van der Waals surface area contributed by atoms with E-state index in [2.05, 4.69) is 10.3 Å². The minimum atomic E-state index is -0.831. The number of nitrogens with one attached hydrogen (secondary N) is 2. The Balaban J connectivity index is 2.03. The predicted octanol–water partition coefficient (Wildman–Crippen LogP) is 3.34.